The molecule has 1 aromatic rings. The number of aryl methyl sites for hydroxylation is 1. The zero-order chi connectivity index (χ0) is 13.1. The van der Waals surface area contributed by atoms with Crippen LogP contribution in [0, 0.1) is 25.2 Å². The van der Waals surface area contributed by atoms with Gasteiger partial charge >= 0.3 is 5.97 Å². The van der Waals surface area contributed by atoms with Gasteiger partial charge in [0.05, 0.1) is 12.2 Å². The van der Waals surface area contributed by atoms with Crippen molar-refractivity contribution in [2.75, 3.05) is 18.0 Å². The smallest absolute Gasteiger partial charge is 0.339 e. The molecule has 0 atom stereocenters. The molecule has 0 radical (unpaired) electrons. The summed E-state index contributed by atoms with van der Waals surface area (Å²) in [6.45, 7) is 3.11. The lowest BCUT2D eigenvalue weighted by Crippen LogP contribution is -2.28. The van der Waals surface area contributed by atoms with E-state index >= 15 is 0 Å². The Morgan fingerprint density at radius 2 is 2.39 bits per heavy atom. The number of carboxylic acids is 1. The molecular formula is C14H16N2O2. The highest BCUT2D eigenvalue weighted by atomic mass is 16.4. The predicted octanol–water partition coefficient (Wildman–Crippen LogP) is 1.94. The number of terminal acetylenes is 1. The summed E-state index contributed by atoms with van der Waals surface area (Å²) in [5.41, 5.74) is 1.70. The summed E-state index contributed by atoms with van der Waals surface area (Å²) in [4.78, 5) is 17.2. The van der Waals surface area contributed by atoms with E-state index in [1.165, 1.54) is 19.0 Å². The van der Waals surface area contributed by atoms with Gasteiger partial charge in [0.25, 0.3) is 0 Å². The van der Waals surface area contributed by atoms with Gasteiger partial charge in [-0.15, -0.1) is 6.42 Å². The van der Waals surface area contributed by atoms with Crippen LogP contribution in [0.1, 0.15) is 28.9 Å². The molecule has 94 valence electrons. The van der Waals surface area contributed by atoms with Crippen molar-refractivity contribution in [3.05, 3.63) is 23.5 Å². The van der Waals surface area contributed by atoms with E-state index in [9.17, 15) is 9.90 Å². The largest absolute Gasteiger partial charge is 0.478 e. The summed E-state index contributed by atoms with van der Waals surface area (Å²) in [5, 5.41) is 9.21. The van der Waals surface area contributed by atoms with E-state index in [2.05, 4.69) is 10.9 Å². The minimum Gasteiger partial charge on any atom is -0.478 e. The van der Waals surface area contributed by atoms with Crippen molar-refractivity contribution in [2.45, 2.75) is 19.8 Å². The van der Waals surface area contributed by atoms with Gasteiger partial charge in [-0.05, 0) is 31.7 Å². The first kappa shape index (κ1) is 12.4. The molecule has 0 spiro atoms. The monoisotopic (exact) mass is 244 g/mol. The highest BCUT2D eigenvalue weighted by Crippen LogP contribution is 2.32. The number of aromatic carboxylic acids is 1. The minimum atomic E-state index is -0.963. The molecule has 4 nitrogen and oxygen atoms in total. The molecule has 0 aromatic carbocycles. The van der Waals surface area contributed by atoms with Gasteiger partial charge in [-0.3, -0.25) is 4.98 Å². The molecule has 1 aliphatic carbocycles. The van der Waals surface area contributed by atoms with Gasteiger partial charge in [-0.25, -0.2) is 4.79 Å². The molecule has 0 saturated heterocycles. The Morgan fingerprint density at radius 1 is 1.67 bits per heavy atom. The molecule has 1 aromatic heterocycles. The molecule has 1 aliphatic rings. The average molecular weight is 244 g/mol. The third-order valence-electron chi connectivity index (χ3n) is 3.05. The van der Waals surface area contributed by atoms with Crippen molar-refractivity contribution >= 4 is 11.7 Å². The van der Waals surface area contributed by atoms with Gasteiger partial charge < -0.3 is 10.0 Å². The van der Waals surface area contributed by atoms with Gasteiger partial charge in [0.1, 0.15) is 5.56 Å². The summed E-state index contributed by atoms with van der Waals surface area (Å²) in [7, 11) is 0. The second-order valence-electron chi connectivity index (χ2n) is 4.68. The maximum atomic E-state index is 11.2. The lowest BCUT2D eigenvalue weighted by molar-refractivity contribution is 0.0697. The number of rotatable bonds is 5. The van der Waals surface area contributed by atoms with Crippen molar-refractivity contribution in [3.8, 4) is 12.3 Å². The van der Waals surface area contributed by atoms with Crippen LogP contribution in [0.15, 0.2) is 12.3 Å². The summed E-state index contributed by atoms with van der Waals surface area (Å²) < 4.78 is 0. The molecule has 1 fully saturated rings. The Hall–Kier alpha value is -2.02. The van der Waals surface area contributed by atoms with Gasteiger partial charge in [0.15, 0.2) is 0 Å². The number of pyridine rings is 1. The third-order valence-corrected chi connectivity index (χ3v) is 3.05. The Labute approximate surface area is 107 Å². The normalized spacial score (nSPS) is 14.0. The second kappa shape index (κ2) is 5.09. The molecule has 0 amide bonds. The van der Waals surface area contributed by atoms with E-state index in [1.807, 2.05) is 11.8 Å². The Kier molecular flexibility index (Phi) is 3.52. The molecule has 0 aliphatic heterocycles. The first-order valence-corrected chi connectivity index (χ1v) is 6.00. The van der Waals surface area contributed by atoms with Crippen molar-refractivity contribution < 1.29 is 9.90 Å². The zero-order valence-corrected chi connectivity index (χ0v) is 10.4. The Morgan fingerprint density at radius 3 is 2.94 bits per heavy atom. The van der Waals surface area contributed by atoms with Crippen LogP contribution in [-0.4, -0.2) is 29.1 Å². The molecule has 1 saturated carbocycles. The molecule has 0 bridgehead atoms. The standard InChI is InChI=1S/C14H16N2O2/c1-3-6-16(9-11-4-5-11)13-7-10(2)15-8-12(13)14(17)18/h1,7-8,11H,4-6,9H2,2H3,(H,17,18). The van der Waals surface area contributed by atoms with E-state index in [0.717, 1.165) is 12.2 Å². The van der Waals surface area contributed by atoms with Crippen LogP contribution < -0.4 is 4.90 Å². The lowest BCUT2D eigenvalue weighted by Gasteiger charge is -2.24. The molecule has 4 heteroatoms. The van der Waals surface area contributed by atoms with Gasteiger partial charge in [0, 0.05) is 18.4 Å². The maximum Gasteiger partial charge on any atom is 0.339 e. The van der Waals surface area contributed by atoms with Crippen LogP contribution in [-0.2, 0) is 0 Å². The fraction of sp³-hybridized carbons (Fsp3) is 0.429. The quantitative estimate of drug-likeness (QED) is 0.804. The fourth-order valence-corrected chi connectivity index (χ4v) is 1.94. The third kappa shape index (κ3) is 2.80. The van der Waals surface area contributed by atoms with E-state index in [1.54, 1.807) is 6.07 Å². The first-order chi connectivity index (χ1) is 8.61. The van der Waals surface area contributed by atoms with Crippen LogP contribution in [0.5, 0.6) is 0 Å². The lowest BCUT2D eigenvalue weighted by atomic mass is 10.1. The summed E-state index contributed by atoms with van der Waals surface area (Å²) in [5.74, 6) is 2.28. The molecule has 18 heavy (non-hydrogen) atoms. The highest BCUT2D eigenvalue weighted by Gasteiger charge is 2.26. The number of carbonyl (C=O) groups is 1. The van der Waals surface area contributed by atoms with Crippen LogP contribution in [0.3, 0.4) is 0 Å². The van der Waals surface area contributed by atoms with E-state index in [4.69, 9.17) is 6.42 Å². The van der Waals surface area contributed by atoms with Crippen LogP contribution in [0.2, 0.25) is 0 Å². The van der Waals surface area contributed by atoms with Crippen LogP contribution in [0.4, 0.5) is 5.69 Å². The number of hydrogen-bond acceptors (Lipinski definition) is 3. The Balaban J connectivity index is 2.34. The highest BCUT2D eigenvalue weighted by molar-refractivity contribution is 5.94. The summed E-state index contributed by atoms with van der Waals surface area (Å²) in [6.07, 6.45) is 9.18. The van der Waals surface area contributed by atoms with Crippen molar-refractivity contribution in [3.63, 3.8) is 0 Å². The van der Waals surface area contributed by atoms with E-state index in [0.29, 0.717) is 18.2 Å². The first-order valence-electron chi connectivity index (χ1n) is 6.00. The molecule has 2 rings (SSSR count). The number of carboxylic acid groups (broad SMARTS) is 1. The number of anilines is 1. The van der Waals surface area contributed by atoms with Crippen molar-refractivity contribution in [1.29, 1.82) is 0 Å². The van der Waals surface area contributed by atoms with E-state index in [-0.39, 0.29) is 5.56 Å². The van der Waals surface area contributed by atoms with Gasteiger partial charge in [-0.2, -0.15) is 0 Å². The van der Waals surface area contributed by atoms with Crippen LogP contribution in [0.25, 0.3) is 0 Å². The zero-order valence-electron chi connectivity index (χ0n) is 10.4. The molecular weight excluding hydrogens is 228 g/mol. The van der Waals surface area contributed by atoms with E-state index < -0.39 is 5.97 Å². The van der Waals surface area contributed by atoms with Gasteiger partial charge in [-0.1, -0.05) is 5.92 Å². The molecule has 0 unspecified atom stereocenters. The summed E-state index contributed by atoms with van der Waals surface area (Å²) >= 11 is 0. The molecule has 1 heterocycles. The van der Waals surface area contributed by atoms with Gasteiger partial charge in [0.2, 0.25) is 0 Å². The summed E-state index contributed by atoms with van der Waals surface area (Å²) in [6, 6.07) is 1.79. The minimum absolute atomic E-state index is 0.219. The Bertz CT molecular complexity index is 501. The number of aromatic nitrogens is 1. The number of nitrogens with zero attached hydrogens (tertiary/aromatic N) is 2. The topological polar surface area (TPSA) is 53.4 Å². The van der Waals surface area contributed by atoms with Crippen LogP contribution >= 0.6 is 0 Å². The predicted molar refractivity (Wildman–Crippen MR) is 69.7 cm³/mol. The van der Waals surface area contributed by atoms with Crippen molar-refractivity contribution in [1.82, 2.24) is 4.98 Å². The second-order valence-corrected chi connectivity index (χ2v) is 4.68. The number of hydrogen-bond donors (Lipinski definition) is 1. The maximum absolute atomic E-state index is 11.2. The fourth-order valence-electron chi connectivity index (χ4n) is 1.94. The SMILES string of the molecule is C#CCN(CC1CC1)c1cc(C)ncc1C(=O)O. The molecule has 1 N–H and O–H groups in total. The average Bonchev–Trinajstić information content (AvgIpc) is 3.12. The van der Waals surface area contributed by atoms with Crippen molar-refractivity contribution in [2.24, 2.45) is 5.92 Å².